The molecule has 1 saturated carbocycles. The Morgan fingerprint density at radius 1 is 1.15 bits per heavy atom. The number of hydrogen-bond acceptors (Lipinski definition) is 2. The maximum atomic E-state index is 14.4. The highest BCUT2D eigenvalue weighted by Gasteiger charge is 2.54. The van der Waals surface area contributed by atoms with Gasteiger partial charge in [-0.25, -0.2) is 8.78 Å². The highest BCUT2D eigenvalue weighted by molar-refractivity contribution is 5.80. The van der Waals surface area contributed by atoms with E-state index in [1.165, 1.54) is 17.2 Å². The van der Waals surface area contributed by atoms with Crippen molar-refractivity contribution in [2.75, 3.05) is 11.9 Å². The monoisotopic (exact) mass is 449 g/mol. The van der Waals surface area contributed by atoms with Gasteiger partial charge in [-0.1, -0.05) is 42.9 Å². The van der Waals surface area contributed by atoms with Crippen LogP contribution in [0.15, 0.2) is 65.9 Å². The van der Waals surface area contributed by atoms with Crippen LogP contribution >= 0.6 is 0 Å². The van der Waals surface area contributed by atoms with Crippen LogP contribution in [-0.2, 0) is 0 Å². The molecule has 1 spiro atoms. The molecule has 2 aromatic carbocycles. The highest BCUT2D eigenvalue weighted by Crippen LogP contribution is 2.62. The number of rotatable bonds is 7. The lowest BCUT2D eigenvalue weighted by atomic mass is 9.78. The number of fused-ring (bicyclic) bond motifs is 1. The standard InChI is InChI=1S/C29H33F2NO/c1-6-7-23(32-22-10-8-20(9-11-22)27(18(2)3)19(4)5)16-25-24-14-21(30)15-26(31)28(24)33-17-29(25)12-13-29/h7-11,14-15,25,32H,2,6,12-13,16-17H2,1,3-5H3/b23-7+. The second kappa shape index (κ2) is 9.17. The molecule has 1 heterocycles. The number of anilines is 1. The summed E-state index contributed by atoms with van der Waals surface area (Å²) >= 11 is 0. The second-order valence-corrected chi connectivity index (χ2v) is 9.71. The zero-order valence-corrected chi connectivity index (χ0v) is 20.0. The van der Waals surface area contributed by atoms with Crippen LogP contribution in [-0.4, -0.2) is 6.61 Å². The van der Waals surface area contributed by atoms with Gasteiger partial charge in [-0.15, -0.1) is 0 Å². The second-order valence-electron chi connectivity index (χ2n) is 9.71. The number of nitrogens with one attached hydrogen (secondary N) is 1. The van der Waals surface area contributed by atoms with Crippen LogP contribution in [0.1, 0.15) is 70.4 Å². The molecule has 0 saturated heterocycles. The maximum absolute atomic E-state index is 14.4. The van der Waals surface area contributed by atoms with Gasteiger partial charge in [0.25, 0.3) is 0 Å². The van der Waals surface area contributed by atoms with Crippen molar-refractivity contribution in [1.82, 2.24) is 0 Å². The Labute approximate surface area is 196 Å². The summed E-state index contributed by atoms with van der Waals surface area (Å²) in [6, 6.07) is 10.7. The number of ether oxygens (including phenoxy) is 1. The molecule has 4 heteroatoms. The Hall–Kier alpha value is -2.88. The third-order valence-electron chi connectivity index (χ3n) is 6.83. The number of allylic oxidation sites excluding steroid dienone is 5. The Balaban J connectivity index is 1.59. The van der Waals surface area contributed by atoms with Crippen molar-refractivity contribution in [2.24, 2.45) is 5.41 Å². The van der Waals surface area contributed by atoms with Gasteiger partial charge >= 0.3 is 0 Å². The largest absolute Gasteiger partial charge is 0.490 e. The molecule has 2 aliphatic rings. The molecule has 0 bridgehead atoms. The smallest absolute Gasteiger partial charge is 0.168 e. The fourth-order valence-electron chi connectivity index (χ4n) is 5.14. The van der Waals surface area contributed by atoms with Crippen molar-refractivity contribution in [3.05, 3.63) is 88.7 Å². The Morgan fingerprint density at radius 2 is 1.85 bits per heavy atom. The van der Waals surface area contributed by atoms with Gasteiger partial charge in [-0.05, 0) is 75.8 Å². The topological polar surface area (TPSA) is 21.3 Å². The van der Waals surface area contributed by atoms with Crippen molar-refractivity contribution in [2.45, 2.75) is 59.3 Å². The van der Waals surface area contributed by atoms with E-state index in [1.54, 1.807) is 0 Å². The number of hydrogen-bond donors (Lipinski definition) is 1. The van der Waals surface area contributed by atoms with Gasteiger partial charge in [0.2, 0.25) is 0 Å². The molecule has 0 amide bonds. The third kappa shape index (κ3) is 4.75. The maximum Gasteiger partial charge on any atom is 0.168 e. The van der Waals surface area contributed by atoms with E-state index in [-0.39, 0.29) is 17.1 Å². The van der Waals surface area contributed by atoms with Gasteiger partial charge in [0.15, 0.2) is 11.6 Å². The lowest BCUT2D eigenvalue weighted by Gasteiger charge is -2.35. The molecule has 0 aromatic heterocycles. The molecule has 1 atom stereocenters. The van der Waals surface area contributed by atoms with Crippen LogP contribution in [0.4, 0.5) is 14.5 Å². The van der Waals surface area contributed by atoms with Gasteiger partial charge in [0.05, 0.1) is 6.61 Å². The molecule has 2 aromatic rings. The van der Waals surface area contributed by atoms with Gasteiger partial charge < -0.3 is 10.1 Å². The molecule has 33 heavy (non-hydrogen) atoms. The van der Waals surface area contributed by atoms with Crippen LogP contribution in [0.2, 0.25) is 0 Å². The zero-order chi connectivity index (χ0) is 23.8. The van der Waals surface area contributed by atoms with E-state index >= 15 is 0 Å². The molecule has 1 unspecified atom stereocenters. The van der Waals surface area contributed by atoms with Crippen LogP contribution in [0.5, 0.6) is 5.75 Å². The van der Waals surface area contributed by atoms with Gasteiger partial charge in [0, 0.05) is 34.3 Å². The van der Waals surface area contributed by atoms with Crippen molar-refractivity contribution < 1.29 is 13.5 Å². The summed E-state index contributed by atoms with van der Waals surface area (Å²) in [5, 5.41) is 3.57. The van der Waals surface area contributed by atoms with Crippen molar-refractivity contribution in [3.8, 4) is 5.75 Å². The average molecular weight is 450 g/mol. The molecule has 174 valence electrons. The molecule has 1 N–H and O–H groups in total. The normalized spacial score (nSPS) is 18.4. The summed E-state index contributed by atoms with van der Waals surface area (Å²) in [6.45, 7) is 12.9. The fraction of sp³-hybridized carbons (Fsp3) is 0.379. The van der Waals surface area contributed by atoms with Crippen molar-refractivity contribution in [1.29, 1.82) is 0 Å². The first-order valence-electron chi connectivity index (χ1n) is 11.8. The zero-order valence-electron chi connectivity index (χ0n) is 20.0. The Morgan fingerprint density at radius 3 is 2.42 bits per heavy atom. The average Bonchev–Trinajstić information content (AvgIpc) is 3.51. The van der Waals surface area contributed by atoms with E-state index in [1.807, 2.05) is 6.92 Å². The molecular formula is C29H33F2NO. The molecular weight excluding hydrogens is 416 g/mol. The quantitative estimate of drug-likeness (QED) is 0.429. The van der Waals surface area contributed by atoms with E-state index in [4.69, 9.17) is 4.74 Å². The van der Waals surface area contributed by atoms with Gasteiger partial charge in [-0.3, -0.25) is 0 Å². The summed E-state index contributed by atoms with van der Waals surface area (Å²) < 4.78 is 34.3. The molecule has 1 aliphatic heterocycles. The minimum atomic E-state index is -0.609. The predicted octanol–water partition coefficient (Wildman–Crippen LogP) is 8.39. The van der Waals surface area contributed by atoms with Gasteiger partial charge in [0.1, 0.15) is 5.82 Å². The Bertz CT molecular complexity index is 1120. The van der Waals surface area contributed by atoms with Crippen LogP contribution in [0, 0.1) is 17.0 Å². The van der Waals surface area contributed by atoms with E-state index in [2.05, 4.69) is 63.0 Å². The van der Waals surface area contributed by atoms with Gasteiger partial charge in [-0.2, -0.15) is 0 Å². The first kappa shape index (κ1) is 23.3. The summed E-state index contributed by atoms with van der Waals surface area (Å²) in [4.78, 5) is 0. The summed E-state index contributed by atoms with van der Waals surface area (Å²) in [5.74, 6) is -0.915. The van der Waals surface area contributed by atoms with Crippen LogP contribution in [0.3, 0.4) is 0 Å². The number of benzene rings is 2. The first-order chi connectivity index (χ1) is 15.7. The van der Waals surface area contributed by atoms with E-state index < -0.39 is 11.6 Å². The number of halogens is 2. The molecule has 2 nitrogen and oxygen atoms in total. The van der Waals surface area contributed by atoms with E-state index in [0.29, 0.717) is 18.6 Å². The van der Waals surface area contributed by atoms with E-state index in [9.17, 15) is 8.78 Å². The molecule has 4 rings (SSSR count). The van der Waals surface area contributed by atoms with Crippen LogP contribution < -0.4 is 10.1 Å². The Kier molecular flexibility index (Phi) is 6.47. The lowest BCUT2D eigenvalue weighted by molar-refractivity contribution is 0.166. The lowest BCUT2D eigenvalue weighted by Crippen LogP contribution is -2.29. The fourth-order valence-corrected chi connectivity index (χ4v) is 5.14. The van der Waals surface area contributed by atoms with E-state index in [0.717, 1.165) is 47.8 Å². The summed E-state index contributed by atoms with van der Waals surface area (Å²) in [5.41, 5.74) is 7.32. The molecule has 1 aliphatic carbocycles. The summed E-state index contributed by atoms with van der Waals surface area (Å²) in [7, 11) is 0. The SMILES string of the molecule is C=C(C)C(=C(C)C)c1ccc(N/C(=C/CC)CC2c3cc(F)cc(F)c3OCC23CC3)cc1. The summed E-state index contributed by atoms with van der Waals surface area (Å²) in [6.07, 6.45) is 5.79. The van der Waals surface area contributed by atoms with Crippen molar-refractivity contribution in [3.63, 3.8) is 0 Å². The minimum absolute atomic E-state index is 0.0224. The minimum Gasteiger partial charge on any atom is -0.490 e. The first-order valence-corrected chi connectivity index (χ1v) is 11.8. The molecule has 0 radical (unpaired) electrons. The molecule has 1 fully saturated rings. The third-order valence-corrected chi connectivity index (χ3v) is 6.83. The van der Waals surface area contributed by atoms with Crippen molar-refractivity contribution >= 4 is 11.3 Å². The highest BCUT2D eigenvalue weighted by atomic mass is 19.1. The predicted molar refractivity (Wildman–Crippen MR) is 132 cm³/mol. The van der Waals surface area contributed by atoms with Crippen LogP contribution in [0.25, 0.3) is 5.57 Å².